The van der Waals surface area contributed by atoms with Crippen molar-refractivity contribution in [2.75, 3.05) is 7.11 Å². The van der Waals surface area contributed by atoms with Crippen LogP contribution in [-0.4, -0.2) is 13.1 Å². The first-order valence-corrected chi connectivity index (χ1v) is 5.19. The van der Waals surface area contributed by atoms with E-state index >= 15 is 0 Å². The van der Waals surface area contributed by atoms with E-state index in [-0.39, 0.29) is 0 Å². The summed E-state index contributed by atoms with van der Waals surface area (Å²) in [6, 6.07) is 2.01. The molecule has 0 aromatic rings. The predicted molar refractivity (Wildman–Crippen MR) is 59.0 cm³/mol. The van der Waals surface area contributed by atoms with Crippen molar-refractivity contribution in [2.24, 2.45) is 5.41 Å². The second-order valence-corrected chi connectivity index (χ2v) is 3.76. The van der Waals surface area contributed by atoms with Crippen LogP contribution >= 0.6 is 0 Å². The third kappa shape index (κ3) is 3.39. The maximum absolute atomic E-state index is 11.5. The number of nitriles is 1. The number of ether oxygens (including phenoxy) is 1. The second-order valence-electron chi connectivity index (χ2n) is 3.76. The molecule has 1 unspecified atom stereocenters. The molecule has 0 saturated heterocycles. The van der Waals surface area contributed by atoms with Gasteiger partial charge in [0.25, 0.3) is 0 Å². The highest BCUT2D eigenvalue weighted by Crippen LogP contribution is 2.27. The lowest BCUT2D eigenvalue weighted by Gasteiger charge is -2.19. The van der Waals surface area contributed by atoms with Crippen molar-refractivity contribution in [3.63, 3.8) is 0 Å². The Balaban J connectivity index is 4.74. The third-order valence-electron chi connectivity index (χ3n) is 2.61. The fourth-order valence-corrected chi connectivity index (χ4v) is 1.23. The Morgan fingerprint density at radius 1 is 1.60 bits per heavy atom. The minimum Gasteiger partial charge on any atom is -0.468 e. The zero-order chi connectivity index (χ0) is 11.9. The summed E-state index contributed by atoms with van der Waals surface area (Å²) in [5.41, 5.74) is -0.368. The highest BCUT2D eigenvalue weighted by atomic mass is 16.5. The van der Waals surface area contributed by atoms with E-state index in [0.717, 1.165) is 24.8 Å². The number of allylic oxidation sites excluding steroid dienone is 1. The van der Waals surface area contributed by atoms with Crippen molar-refractivity contribution in [1.29, 1.82) is 5.26 Å². The van der Waals surface area contributed by atoms with Gasteiger partial charge in [0.05, 0.1) is 13.2 Å². The number of methoxy groups -OCH3 is 1. The van der Waals surface area contributed by atoms with Gasteiger partial charge in [-0.2, -0.15) is 5.26 Å². The monoisotopic (exact) mass is 209 g/mol. The summed E-state index contributed by atoms with van der Waals surface area (Å²) in [6.45, 7) is 5.50. The van der Waals surface area contributed by atoms with Gasteiger partial charge in [0.2, 0.25) is 0 Å². The molecule has 0 aliphatic heterocycles. The SMILES string of the molecule is CCCCC=C(C)C(C)(C#N)C(=O)OC. The molecule has 0 heterocycles. The molecule has 3 nitrogen and oxygen atoms in total. The Bertz CT molecular complexity index is 288. The van der Waals surface area contributed by atoms with Crippen LogP contribution in [0.4, 0.5) is 0 Å². The maximum atomic E-state index is 11.5. The van der Waals surface area contributed by atoms with Crippen molar-refractivity contribution < 1.29 is 9.53 Å². The van der Waals surface area contributed by atoms with Crippen molar-refractivity contribution in [2.45, 2.75) is 40.0 Å². The van der Waals surface area contributed by atoms with Crippen LogP contribution in [-0.2, 0) is 9.53 Å². The average molecular weight is 209 g/mol. The standard InChI is InChI=1S/C12H19NO2/c1-5-6-7-8-10(2)12(3,9-13)11(14)15-4/h8H,5-7H2,1-4H3. The van der Waals surface area contributed by atoms with Gasteiger partial charge >= 0.3 is 5.97 Å². The Labute approximate surface area is 91.7 Å². The first-order chi connectivity index (χ1) is 7.02. The molecule has 3 heteroatoms. The lowest BCUT2D eigenvalue weighted by atomic mass is 9.84. The molecule has 1 atom stereocenters. The van der Waals surface area contributed by atoms with E-state index in [1.165, 1.54) is 7.11 Å². The van der Waals surface area contributed by atoms with Gasteiger partial charge in [-0.15, -0.1) is 0 Å². The molecule has 0 amide bonds. The smallest absolute Gasteiger partial charge is 0.330 e. The molecule has 0 aromatic carbocycles. The molecule has 0 fully saturated rings. The number of unbranched alkanes of at least 4 members (excludes halogenated alkanes) is 2. The van der Waals surface area contributed by atoms with E-state index in [4.69, 9.17) is 5.26 Å². The largest absolute Gasteiger partial charge is 0.468 e. The number of esters is 1. The number of rotatable bonds is 5. The molecule has 0 aliphatic carbocycles. The molecule has 0 bridgehead atoms. The average Bonchev–Trinajstić information content (AvgIpc) is 2.26. The Hall–Kier alpha value is -1.30. The van der Waals surface area contributed by atoms with Crippen LogP contribution in [0.15, 0.2) is 11.6 Å². The fraction of sp³-hybridized carbons (Fsp3) is 0.667. The van der Waals surface area contributed by atoms with Crippen LogP contribution < -0.4 is 0 Å². The van der Waals surface area contributed by atoms with Gasteiger partial charge in [-0.3, -0.25) is 0 Å². The van der Waals surface area contributed by atoms with Crippen molar-refractivity contribution in [3.05, 3.63) is 11.6 Å². The van der Waals surface area contributed by atoms with Gasteiger partial charge in [0, 0.05) is 0 Å². The molecule has 0 aliphatic rings. The van der Waals surface area contributed by atoms with Gasteiger partial charge < -0.3 is 4.74 Å². The molecular weight excluding hydrogens is 190 g/mol. The van der Waals surface area contributed by atoms with E-state index in [1.807, 2.05) is 12.1 Å². The van der Waals surface area contributed by atoms with Gasteiger partial charge in [0.15, 0.2) is 5.41 Å². The molecule has 15 heavy (non-hydrogen) atoms. The first-order valence-electron chi connectivity index (χ1n) is 5.19. The van der Waals surface area contributed by atoms with Gasteiger partial charge in [0.1, 0.15) is 0 Å². The molecule has 0 N–H and O–H groups in total. The normalized spacial score (nSPS) is 15.3. The van der Waals surface area contributed by atoms with Crippen molar-refractivity contribution in [1.82, 2.24) is 0 Å². The Morgan fingerprint density at radius 3 is 2.60 bits per heavy atom. The maximum Gasteiger partial charge on any atom is 0.330 e. The van der Waals surface area contributed by atoms with Crippen LogP contribution in [0.5, 0.6) is 0 Å². The van der Waals surface area contributed by atoms with Crippen LogP contribution in [0, 0.1) is 16.7 Å². The van der Waals surface area contributed by atoms with Crippen LogP contribution in [0.3, 0.4) is 0 Å². The van der Waals surface area contributed by atoms with E-state index in [0.29, 0.717) is 0 Å². The van der Waals surface area contributed by atoms with E-state index in [2.05, 4.69) is 11.7 Å². The Morgan fingerprint density at radius 2 is 2.20 bits per heavy atom. The lowest BCUT2D eigenvalue weighted by Crippen LogP contribution is -2.28. The molecule has 0 spiro atoms. The lowest BCUT2D eigenvalue weighted by molar-refractivity contribution is -0.146. The summed E-state index contributed by atoms with van der Waals surface area (Å²) in [5, 5.41) is 9.02. The Kier molecular flexibility index (Phi) is 5.69. The number of carbonyl (C=O) groups is 1. The summed E-state index contributed by atoms with van der Waals surface area (Å²) in [5.74, 6) is -0.491. The van der Waals surface area contributed by atoms with Crippen LogP contribution in [0.1, 0.15) is 40.0 Å². The molecule has 84 valence electrons. The summed E-state index contributed by atoms with van der Waals surface area (Å²) in [4.78, 5) is 11.5. The van der Waals surface area contributed by atoms with Crippen LogP contribution in [0.25, 0.3) is 0 Å². The number of hydrogen-bond donors (Lipinski definition) is 0. The molecule has 0 saturated carbocycles. The topological polar surface area (TPSA) is 50.1 Å². The summed E-state index contributed by atoms with van der Waals surface area (Å²) < 4.78 is 4.63. The van der Waals surface area contributed by atoms with Gasteiger partial charge in [-0.1, -0.05) is 25.8 Å². The summed E-state index contributed by atoms with van der Waals surface area (Å²) in [6.07, 6.45) is 5.02. The number of carbonyl (C=O) groups excluding carboxylic acids is 1. The number of nitrogens with zero attached hydrogens (tertiary/aromatic N) is 1. The van der Waals surface area contributed by atoms with Gasteiger partial charge in [-0.05, 0) is 25.8 Å². The molecule has 0 rings (SSSR count). The predicted octanol–water partition coefficient (Wildman–Crippen LogP) is 2.83. The van der Waals surface area contributed by atoms with E-state index in [9.17, 15) is 4.79 Å². The second kappa shape index (κ2) is 6.23. The van der Waals surface area contributed by atoms with Crippen molar-refractivity contribution in [3.8, 4) is 6.07 Å². The zero-order valence-electron chi connectivity index (χ0n) is 9.96. The quantitative estimate of drug-likeness (QED) is 0.397. The fourth-order valence-electron chi connectivity index (χ4n) is 1.23. The molecule has 0 aromatic heterocycles. The zero-order valence-corrected chi connectivity index (χ0v) is 9.96. The minimum absolute atomic E-state index is 0.491. The highest BCUT2D eigenvalue weighted by molar-refractivity contribution is 5.83. The van der Waals surface area contributed by atoms with Crippen LogP contribution in [0.2, 0.25) is 0 Å². The van der Waals surface area contributed by atoms with Gasteiger partial charge in [-0.25, -0.2) is 4.79 Å². The van der Waals surface area contributed by atoms with E-state index in [1.54, 1.807) is 13.8 Å². The molecular formula is C12H19NO2. The third-order valence-corrected chi connectivity index (χ3v) is 2.61. The summed E-state index contributed by atoms with van der Waals surface area (Å²) in [7, 11) is 1.30. The summed E-state index contributed by atoms with van der Waals surface area (Å²) >= 11 is 0. The molecule has 0 radical (unpaired) electrons. The highest BCUT2D eigenvalue weighted by Gasteiger charge is 2.36. The van der Waals surface area contributed by atoms with E-state index < -0.39 is 11.4 Å². The van der Waals surface area contributed by atoms with Crippen molar-refractivity contribution >= 4 is 5.97 Å². The first kappa shape index (κ1) is 13.7. The number of hydrogen-bond acceptors (Lipinski definition) is 3. The minimum atomic E-state index is -1.14.